The Hall–Kier alpha value is -2.07. The van der Waals surface area contributed by atoms with Crippen LogP contribution in [0.3, 0.4) is 0 Å². The molecule has 0 radical (unpaired) electrons. The lowest BCUT2D eigenvalue weighted by atomic mass is 10.1. The number of rotatable bonds is 6. The van der Waals surface area contributed by atoms with Gasteiger partial charge in [0.25, 0.3) is 0 Å². The van der Waals surface area contributed by atoms with Crippen molar-refractivity contribution >= 4 is 5.82 Å². The maximum atomic E-state index is 5.82. The van der Waals surface area contributed by atoms with E-state index in [2.05, 4.69) is 35.4 Å². The number of hydrogen-bond acceptors (Lipinski definition) is 4. The van der Waals surface area contributed by atoms with Gasteiger partial charge in [-0.2, -0.15) is 0 Å². The average Bonchev–Trinajstić information content (AvgIpc) is 2.47. The van der Waals surface area contributed by atoms with E-state index in [-0.39, 0.29) is 0 Å². The van der Waals surface area contributed by atoms with E-state index in [9.17, 15) is 0 Å². The molecule has 0 unspecified atom stereocenters. The SMILES string of the molecule is COc1ccc(CCNc2nc(C)cc(C)c2CN)cc1. The van der Waals surface area contributed by atoms with Gasteiger partial charge in [0.15, 0.2) is 0 Å². The van der Waals surface area contributed by atoms with E-state index in [0.29, 0.717) is 6.54 Å². The molecule has 1 aromatic carbocycles. The summed E-state index contributed by atoms with van der Waals surface area (Å²) in [6, 6.07) is 10.2. The van der Waals surface area contributed by atoms with Crippen LogP contribution in [0.2, 0.25) is 0 Å². The summed E-state index contributed by atoms with van der Waals surface area (Å²) in [7, 11) is 1.68. The smallest absolute Gasteiger partial charge is 0.131 e. The van der Waals surface area contributed by atoms with Crippen LogP contribution in [-0.4, -0.2) is 18.6 Å². The molecule has 0 aliphatic rings. The van der Waals surface area contributed by atoms with Crippen LogP contribution in [-0.2, 0) is 13.0 Å². The molecular formula is C17H23N3O. The monoisotopic (exact) mass is 285 g/mol. The van der Waals surface area contributed by atoms with Crippen LogP contribution < -0.4 is 15.8 Å². The summed E-state index contributed by atoms with van der Waals surface area (Å²) in [4.78, 5) is 4.55. The molecule has 4 heteroatoms. The van der Waals surface area contributed by atoms with E-state index < -0.39 is 0 Å². The fraction of sp³-hybridized carbons (Fsp3) is 0.353. The van der Waals surface area contributed by atoms with Gasteiger partial charge in [-0.05, 0) is 49.6 Å². The number of aromatic nitrogens is 1. The van der Waals surface area contributed by atoms with Crippen LogP contribution in [0.1, 0.15) is 22.4 Å². The highest BCUT2D eigenvalue weighted by atomic mass is 16.5. The second-order valence-electron chi connectivity index (χ2n) is 5.14. The van der Waals surface area contributed by atoms with Crippen molar-refractivity contribution in [2.45, 2.75) is 26.8 Å². The quantitative estimate of drug-likeness (QED) is 0.857. The molecule has 0 saturated heterocycles. The van der Waals surface area contributed by atoms with Gasteiger partial charge in [-0.25, -0.2) is 4.98 Å². The third-order valence-corrected chi connectivity index (χ3v) is 3.54. The molecule has 2 rings (SSSR count). The first kappa shape index (κ1) is 15.3. The van der Waals surface area contributed by atoms with Gasteiger partial charge in [-0.15, -0.1) is 0 Å². The van der Waals surface area contributed by atoms with Crippen LogP contribution in [0.4, 0.5) is 5.82 Å². The second-order valence-corrected chi connectivity index (χ2v) is 5.14. The Morgan fingerprint density at radius 2 is 1.90 bits per heavy atom. The van der Waals surface area contributed by atoms with E-state index in [1.165, 1.54) is 11.1 Å². The molecule has 0 aliphatic carbocycles. The van der Waals surface area contributed by atoms with Crippen molar-refractivity contribution in [2.24, 2.45) is 5.73 Å². The largest absolute Gasteiger partial charge is 0.497 e. The number of benzene rings is 1. The number of ether oxygens (including phenoxy) is 1. The third kappa shape index (κ3) is 3.95. The van der Waals surface area contributed by atoms with Gasteiger partial charge in [0.05, 0.1) is 7.11 Å². The summed E-state index contributed by atoms with van der Waals surface area (Å²) in [5, 5.41) is 3.40. The molecule has 0 bridgehead atoms. The lowest BCUT2D eigenvalue weighted by Gasteiger charge is -2.13. The Bertz CT molecular complexity index is 594. The van der Waals surface area contributed by atoms with Crippen LogP contribution >= 0.6 is 0 Å². The van der Waals surface area contributed by atoms with Crippen molar-refractivity contribution in [3.05, 3.63) is 52.7 Å². The van der Waals surface area contributed by atoms with Gasteiger partial charge in [-0.3, -0.25) is 0 Å². The topological polar surface area (TPSA) is 60.2 Å². The van der Waals surface area contributed by atoms with Gasteiger partial charge in [0, 0.05) is 24.3 Å². The number of pyridine rings is 1. The predicted octanol–water partition coefficient (Wildman–Crippen LogP) is 2.82. The van der Waals surface area contributed by atoms with Crippen LogP contribution in [0.15, 0.2) is 30.3 Å². The summed E-state index contributed by atoms with van der Waals surface area (Å²) < 4.78 is 5.16. The van der Waals surface area contributed by atoms with Crippen LogP contribution in [0.5, 0.6) is 5.75 Å². The highest BCUT2D eigenvalue weighted by Crippen LogP contribution is 2.18. The first-order chi connectivity index (χ1) is 10.1. The maximum Gasteiger partial charge on any atom is 0.131 e. The summed E-state index contributed by atoms with van der Waals surface area (Å²) >= 11 is 0. The van der Waals surface area contributed by atoms with E-state index >= 15 is 0 Å². The first-order valence-corrected chi connectivity index (χ1v) is 7.18. The molecule has 0 fully saturated rings. The molecule has 21 heavy (non-hydrogen) atoms. The lowest BCUT2D eigenvalue weighted by Crippen LogP contribution is -2.12. The minimum Gasteiger partial charge on any atom is -0.497 e. The van der Waals surface area contributed by atoms with Crippen molar-refractivity contribution < 1.29 is 4.74 Å². The number of nitrogens with two attached hydrogens (primary N) is 1. The lowest BCUT2D eigenvalue weighted by molar-refractivity contribution is 0.414. The van der Waals surface area contributed by atoms with Gasteiger partial charge in [0.1, 0.15) is 11.6 Å². The Labute approximate surface area is 126 Å². The summed E-state index contributed by atoms with van der Waals surface area (Å²) in [6.07, 6.45) is 0.933. The Kier molecular flexibility index (Phi) is 5.17. The zero-order valence-corrected chi connectivity index (χ0v) is 12.9. The molecular weight excluding hydrogens is 262 g/mol. The van der Waals surface area contributed by atoms with E-state index in [1.807, 2.05) is 19.1 Å². The molecule has 4 nitrogen and oxygen atoms in total. The summed E-state index contributed by atoms with van der Waals surface area (Å²) in [5.41, 5.74) is 10.4. The Morgan fingerprint density at radius 3 is 2.52 bits per heavy atom. The van der Waals surface area contributed by atoms with Crippen molar-refractivity contribution in [1.82, 2.24) is 4.98 Å². The molecule has 1 aromatic heterocycles. The third-order valence-electron chi connectivity index (χ3n) is 3.54. The van der Waals surface area contributed by atoms with Crippen molar-refractivity contribution in [3.8, 4) is 5.75 Å². The van der Waals surface area contributed by atoms with Gasteiger partial charge >= 0.3 is 0 Å². The molecule has 0 aliphatic heterocycles. The van der Waals surface area contributed by atoms with Crippen molar-refractivity contribution in [3.63, 3.8) is 0 Å². The molecule has 0 amide bonds. The zero-order valence-electron chi connectivity index (χ0n) is 12.9. The van der Waals surface area contributed by atoms with Gasteiger partial charge in [0.2, 0.25) is 0 Å². The standard InChI is InChI=1S/C17H23N3O/c1-12-10-13(2)20-17(16(12)11-18)19-9-8-14-4-6-15(21-3)7-5-14/h4-7,10H,8-9,11,18H2,1-3H3,(H,19,20). The number of methoxy groups -OCH3 is 1. The molecule has 112 valence electrons. The first-order valence-electron chi connectivity index (χ1n) is 7.18. The van der Waals surface area contributed by atoms with E-state index in [1.54, 1.807) is 7.11 Å². The minimum atomic E-state index is 0.504. The average molecular weight is 285 g/mol. The Morgan fingerprint density at radius 1 is 1.19 bits per heavy atom. The zero-order chi connectivity index (χ0) is 15.2. The minimum absolute atomic E-state index is 0.504. The normalized spacial score (nSPS) is 10.5. The highest BCUT2D eigenvalue weighted by molar-refractivity contribution is 5.49. The maximum absolute atomic E-state index is 5.82. The molecule has 1 heterocycles. The van der Waals surface area contributed by atoms with E-state index in [0.717, 1.165) is 35.8 Å². The number of anilines is 1. The fourth-order valence-electron chi connectivity index (χ4n) is 2.38. The highest BCUT2D eigenvalue weighted by Gasteiger charge is 2.06. The summed E-state index contributed by atoms with van der Waals surface area (Å²) in [6.45, 7) is 5.41. The molecule has 3 N–H and O–H groups in total. The second kappa shape index (κ2) is 7.09. The number of nitrogens with zero attached hydrogens (tertiary/aromatic N) is 1. The number of nitrogens with one attached hydrogen (secondary N) is 1. The van der Waals surface area contributed by atoms with Gasteiger partial charge < -0.3 is 15.8 Å². The molecule has 0 atom stereocenters. The molecule has 0 spiro atoms. The molecule has 0 saturated carbocycles. The number of aryl methyl sites for hydroxylation is 2. The van der Waals surface area contributed by atoms with Gasteiger partial charge in [-0.1, -0.05) is 12.1 Å². The Balaban J connectivity index is 1.99. The summed E-state index contributed by atoms with van der Waals surface area (Å²) in [5.74, 6) is 1.79. The fourth-order valence-corrected chi connectivity index (χ4v) is 2.38. The van der Waals surface area contributed by atoms with Crippen molar-refractivity contribution in [1.29, 1.82) is 0 Å². The molecule has 2 aromatic rings. The number of hydrogen-bond donors (Lipinski definition) is 2. The van der Waals surface area contributed by atoms with Crippen molar-refractivity contribution in [2.75, 3.05) is 19.0 Å². The predicted molar refractivity (Wildman–Crippen MR) is 86.8 cm³/mol. The van der Waals surface area contributed by atoms with Crippen LogP contribution in [0, 0.1) is 13.8 Å². The van der Waals surface area contributed by atoms with Crippen LogP contribution in [0.25, 0.3) is 0 Å². The van der Waals surface area contributed by atoms with E-state index in [4.69, 9.17) is 10.5 Å².